The molecular formula is C12H21F2NO2. The second-order valence-corrected chi connectivity index (χ2v) is 5.84. The van der Waals surface area contributed by atoms with E-state index < -0.39 is 17.3 Å². The number of carboxylic acid groups (broad SMARTS) is 1. The summed E-state index contributed by atoms with van der Waals surface area (Å²) < 4.78 is 27.6. The zero-order valence-corrected chi connectivity index (χ0v) is 10.7. The van der Waals surface area contributed by atoms with Gasteiger partial charge in [0.15, 0.2) is 0 Å². The zero-order valence-electron chi connectivity index (χ0n) is 10.7. The van der Waals surface area contributed by atoms with Crippen molar-refractivity contribution in [1.29, 1.82) is 0 Å². The van der Waals surface area contributed by atoms with E-state index in [0.29, 0.717) is 25.9 Å². The van der Waals surface area contributed by atoms with E-state index in [-0.39, 0.29) is 12.5 Å². The molecule has 0 aromatic carbocycles. The molecule has 1 heterocycles. The first kappa shape index (κ1) is 14.4. The Morgan fingerprint density at radius 3 is 2.12 bits per heavy atom. The van der Waals surface area contributed by atoms with Crippen LogP contribution in [0.25, 0.3) is 0 Å². The second-order valence-electron chi connectivity index (χ2n) is 5.84. The Hall–Kier alpha value is -0.710. The molecule has 1 N–H and O–H groups in total. The minimum absolute atomic E-state index is 0.275. The molecule has 0 spiro atoms. The Balaban J connectivity index is 2.48. The Morgan fingerprint density at radius 2 is 1.76 bits per heavy atom. The lowest BCUT2D eigenvalue weighted by Crippen LogP contribution is -2.48. The van der Waals surface area contributed by atoms with Gasteiger partial charge in [-0.2, -0.15) is 0 Å². The number of hydrogen-bond acceptors (Lipinski definition) is 2. The van der Waals surface area contributed by atoms with Crippen molar-refractivity contribution >= 4 is 5.97 Å². The third kappa shape index (κ3) is 3.63. The van der Waals surface area contributed by atoms with Crippen LogP contribution in [-0.4, -0.2) is 41.5 Å². The van der Waals surface area contributed by atoms with E-state index in [2.05, 4.69) is 0 Å². The Labute approximate surface area is 101 Å². The summed E-state index contributed by atoms with van der Waals surface area (Å²) in [5, 5.41) is 8.82. The molecule has 0 saturated carbocycles. The van der Waals surface area contributed by atoms with Gasteiger partial charge in [-0.05, 0) is 25.9 Å². The van der Waals surface area contributed by atoms with Crippen LogP contribution >= 0.6 is 0 Å². The predicted molar refractivity (Wildman–Crippen MR) is 61.2 cm³/mol. The molecule has 0 unspecified atom stereocenters. The molecule has 3 nitrogen and oxygen atoms in total. The summed E-state index contributed by atoms with van der Waals surface area (Å²) in [7, 11) is 0. The number of rotatable bonds is 3. The van der Waals surface area contributed by atoms with Crippen LogP contribution in [0.2, 0.25) is 0 Å². The smallest absolute Gasteiger partial charge is 0.306 e. The van der Waals surface area contributed by atoms with Crippen molar-refractivity contribution < 1.29 is 18.7 Å². The minimum Gasteiger partial charge on any atom is -0.481 e. The van der Waals surface area contributed by atoms with Crippen LogP contribution < -0.4 is 0 Å². The first-order valence-corrected chi connectivity index (χ1v) is 5.96. The third-order valence-corrected chi connectivity index (χ3v) is 3.46. The number of likely N-dealkylation sites (tertiary alicyclic amines) is 1. The second kappa shape index (κ2) is 4.88. The molecule has 0 aliphatic carbocycles. The van der Waals surface area contributed by atoms with Crippen LogP contribution in [0.15, 0.2) is 0 Å². The molecule has 0 radical (unpaired) electrons. The fourth-order valence-corrected chi connectivity index (χ4v) is 1.86. The number of halogens is 2. The molecule has 17 heavy (non-hydrogen) atoms. The summed E-state index contributed by atoms with van der Waals surface area (Å²) in [5.41, 5.74) is -1.06. The van der Waals surface area contributed by atoms with Crippen LogP contribution in [0.5, 0.6) is 0 Å². The van der Waals surface area contributed by atoms with Gasteiger partial charge in [-0.3, -0.25) is 9.69 Å². The van der Waals surface area contributed by atoms with Crippen LogP contribution in [0.3, 0.4) is 0 Å². The van der Waals surface area contributed by atoms with Crippen molar-refractivity contribution in [3.05, 3.63) is 0 Å². The Bertz CT molecular complexity index is 279. The summed E-state index contributed by atoms with van der Waals surface area (Å²) in [5.74, 6) is -3.93. The zero-order chi connectivity index (χ0) is 13.3. The molecule has 1 aliphatic rings. The maximum absolute atomic E-state index is 13.8. The SMILES string of the molecule is CC(C)(C)C(F)(F)CN1CCC(C(=O)O)CC1. The number of carboxylic acids is 1. The lowest BCUT2D eigenvalue weighted by molar-refractivity contribution is -0.145. The summed E-state index contributed by atoms with van der Waals surface area (Å²) in [6.45, 7) is 5.19. The predicted octanol–water partition coefficient (Wildman–Crippen LogP) is 2.46. The van der Waals surface area contributed by atoms with E-state index >= 15 is 0 Å². The summed E-state index contributed by atoms with van der Waals surface area (Å²) in [4.78, 5) is 12.4. The van der Waals surface area contributed by atoms with Crippen LogP contribution in [0, 0.1) is 11.3 Å². The first-order chi connectivity index (χ1) is 7.63. The van der Waals surface area contributed by atoms with E-state index in [1.807, 2.05) is 0 Å². The van der Waals surface area contributed by atoms with Crippen molar-refractivity contribution in [1.82, 2.24) is 4.90 Å². The van der Waals surface area contributed by atoms with E-state index in [9.17, 15) is 13.6 Å². The average Bonchev–Trinajstić information content (AvgIpc) is 2.16. The number of hydrogen-bond donors (Lipinski definition) is 1. The largest absolute Gasteiger partial charge is 0.481 e. The van der Waals surface area contributed by atoms with E-state index in [0.717, 1.165) is 0 Å². The summed E-state index contributed by atoms with van der Waals surface area (Å²) in [6, 6.07) is 0. The topological polar surface area (TPSA) is 40.5 Å². The number of nitrogens with zero attached hydrogens (tertiary/aromatic N) is 1. The monoisotopic (exact) mass is 249 g/mol. The molecule has 1 rings (SSSR count). The third-order valence-electron chi connectivity index (χ3n) is 3.46. The average molecular weight is 249 g/mol. The molecule has 5 heteroatoms. The quantitative estimate of drug-likeness (QED) is 0.835. The van der Waals surface area contributed by atoms with Gasteiger partial charge in [0.1, 0.15) is 0 Å². The molecule has 100 valence electrons. The Kier molecular flexibility index (Phi) is 4.12. The van der Waals surface area contributed by atoms with Gasteiger partial charge in [-0.15, -0.1) is 0 Å². The molecule has 0 bridgehead atoms. The van der Waals surface area contributed by atoms with Crippen LogP contribution in [0.1, 0.15) is 33.6 Å². The molecule has 0 atom stereocenters. The van der Waals surface area contributed by atoms with Gasteiger partial charge in [-0.25, -0.2) is 8.78 Å². The van der Waals surface area contributed by atoms with Crippen molar-refractivity contribution in [2.45, 2.75) is 39.5 Å². The highest BCUT2D eigenvalue weighted by molar-refractivity contribution is 5.70. The van der Waals surface area contributed by atoms with Gasteiger partial charge >= 0.3 is 5.97 Å². The molecule has 0 amide bonds. The lowest BCUT2D eigenvalue weighted by atomic mass is 9.87. The van der Waals surface area contributed by atoms with E-state index in [1.54, 1.807) is 4.90 Å². The fourth-order valence-electron chi connectivity index (χ4n) is 1.86. The van der Waals surface area contributed by atoms with Crippen LogP contribution in [-0.2, 0) is 4.79 Å². The van der Waals surface area contributed by atoms with Gasteiger partial charge in [-0.1, -0.05) is 20.8 Å². The highest BCUT2D eigenvalue weighted by atomic mass is 19.3. The molecular weight excluding hydrogens is 228 g/mol. The lowest BCUT2D eigenvalue weighted by Gasteiger charge is -2.37. The van der Waals surface area contributed by atoms with Crippen molar-refractivity contribution in [2.75, 3.05) is 19.6 Å². The van der Waals surface area contributed by atoms with Crippen molar-refractivity contribution in [3.63, 3.8) is 0 Å². The number of aliphatic carboxylic acids is 1. The molecule has 0 aromatic heterocycles. The molecule has 1 saturated heterocycles. The van der Waals surface area contributed by atoms with Gasteiger partial charge in [0.05, 0.1) is 12.5 Å². The molecule has 1 fully saturated rings. The maximum atomic E-state index is 13.8. The van der Waals surface area contributed by atoms with Gasteiger partial charge in [0.25, 0.3) is 5.92 Å². The fraction of sp³-hybridized carbons (Fsp3) is 0.917. The standard InChI is InChI=1S/C12H21F2NO2/c1-11(2,3)12(13,14)8-15-6-4-9(5-7-15)10(16)17/h9H,4-8H2,1-3H3,(H,16,17). The van der Waals surface area contributed by atoms with Crippen molar-refractivity contribution in [2.24, 2.45) is 11.3 Å². The maximum Gasteiger partial charge on any atom is 0.306 e. The van der Waals surface area contributed by atoms with Crippen LogP contribution in [0.4, 0.5) is 8.78 Å². The van der Waals surface area contributed by atoms with E-state index in [4.69, 9.17) is 5.11 Å². The van der Waals surface area contributed by atoms with E-state index in [1.165, 1.54) is 20.8 Å². The number of piperidine rings is 1. The van der Waals surface area contributed by atoms with Gasteiger partial charge < -0.3 is 5.11 Å². The van der Waals surface area contributed by atoms with Crippen molar-refractivity contribution in [3.8, 4) is 0 Å². The number of alkyl halides is 2. The minimum atomic E-state index is -2.75. The molecule has 0 aromatic rings. The normalized spacial score (nSPS) is 20.5. The highest BCUT2D eigenvalue weighted by Gasteiger charge is 2.44. The number of carbonyl (C=O) groups is 1. The first-order valence-electron chi connectivity index (χ1n) is 5.96. The van der Waals surface area contributed by atoms with Gasteiger partial charge in [0.2, 0.25) is 0 Å². The molecule has 1 aliphatic heterocycles. The highest BCUT2D eigenvalue weighted by Crippen LogP contribution is 2.36. The Morgan fingerprint density at radius 1 is 1.29 bits per heavy atom. The van der Waals surface area contributed by atoms with Gasteiger partial charge in [0, 0.05) is 5.41 Å². The summed E-state index contributed by atoms with van der Waals surface area (Å²) >= 11 is 0. The summed E-state index contributed by atoms with van der Waals surface area (Å²) in [6.07, 6.45) is 0.936.